The van der Waals surface area contributed by atoms with E-state index in [1.54, 1.807) is 43.5 Å². The molecule has 9 heteroatoms. The maximum absolute atomic E-state index is 13.4. The first-order valence-corrected chi connectivity index (χ1v) is 10.7. The highest BCUT2D eigenvalue weighted by Crippen LogP contribution is 2.36. The molecule has 8 nitrogen and oxygen atoms in total. The minimum absolute atomic E-state index is 0.125. The van der Waals surface area contributed by atoms with E-state index in [4.69, 9.17) is 30.2 Å². The number of para-hydroxylation sites is 1. The number of hydrogen-bond donors (Lipinski definition) is 0. The van der Waals surface area contributed by atoms with Gasteiger partial charge in [0, 0.05) is 11.6 Å². The van der Waals surface area contributed by atoms with Gasteiger partial charge in [-0.1, -0.05) is 29.8 Å². The Hall–Kier alpha value is -4.30. The van der Waals surface area contributed by atoms with Gasteiger partial charge in [-0.2, -0.15) is 9.78 Å². The number of furan rings is 1. The Morgan fingerprint density at radius 3 is 2.74 bits per heavy atom. The number of methoxy groups -OCH3 is 1. The standard InChI is InChI=1S/C25H16ClN3O5/c1-31-19-7-4-8-20-16(19)10-23(34-20)24-28-18-6-3-2-5-15(18)25(30)29(24)27-12-14-9-21-22(11-17(14)26)33-13-32-21/h2-12H,13H2,1H3. The van der Waals surface area contributed by atoms with Crippen LogP contribution in [0.25, 0.3) is 33.5 Å². The van der Waals surface area contributed by atoms with Gasteiger partial charge in [0.05, 0.1) is 34.6 Å². The number of nitrogens with zero attached hydrogens (tertiary/aromatic N) is 3. The summed E-state index contributed by atoms with van der Waals surface area (Å²) >= 11 is 6.39. The summed E-state index contributed by atoms with van der Waals surface area (Å²) in [7, 11) is 1.59. The molecule has 0 bridgehead atoms. The smallest absolute Gasteiger partial charge is 0.282 e. The molecule has 3 aromatic carbocycles. The quantitative estimate of drug-likeness (QED) is 0.338. The molecular formula is C25H16ClN3O5. The highest BCUT2D eigenvalue weighted by Gasteiger charge is 2.19. The SMILES string of the molecule is COc1cccc2oc(-c3nc4ccccc4c(=O)n3N=Cc3cc4c(cc3Cl)OCO4)cc12. The molecule has 6 rings (SSSR count). The summed E-state index contributed by atoms with van der Waals surface area (Å²) in [5.41, 5.74) is 1.35. The summed E-state index contributed by atoms with van der Waals surface area (Å²) in [6, 6.07) is 17.7. The van der Waals surface area contributed by atoms with Crippen molar-refractivity contribution in [2.24, 2.45) is 5.10 Å². The zero-order valence-corrected chi connectivity index (χ0v) is 18.6. The molecule has 0 unspecified atom stereocenters. The Kier molecular flexibility index (Phi) is 4.74. The zero-order chi connectivity index (χ0) is 23.2. The molecule has 5 aromatic rings. The van der Waals surface area contributed by atoms with Crippen molar-refractivity contribution in [1.82, 2.24) is 9.66 Å². The zero-order valence-electron chi connectivity index (χ0n) is 17.8. The van der Waals surface area contributed by atoms with Gasteiger partial charge in [-0.05, 0) is 36.4 Å². The lowest BCUT2D eigenvalue weighted by Gasteiger charge is -2.07. The summed E-state index contributed by atoms with van der Waals surface area (Å²) in [6.07, 6.45) is 1.48. The van der Waals surface area contributed by atoms with E-state index in [1.165, 1.54) is 10.9 Å². The molecule has 0 N–H and O–H groups in total. The predicted molar refractivity (Wildman–Crippen MR) is 128 cm³/mol. The number of rotatable bonds is 4. The lowest BCUT2D eigenvalue weighted by molar-refractivity contribution is 0.174. The van der Waals surface area contributed by atoms with Gasteiger partial charge >= 0.3 is 0 Å². The van der Waals surface area contributed by atoms with Crippen molar-refractivity contribution in [1.29, 1.82) is 0 Å². The average molecular weight is 474 g/mol. The predicted octanol–water partition coefficient (Wildman–Crippen LogP) is 5.08. The summed E-state index contributed by atoms with van der Waals surface area (Å²) < 4.78 is 23.5. The summed E-state index contributed by atoms with van der Waals surface area (Å²) in [4.78, 5) is 18.1. The van der Waals surface area contributed by atoms with E-state index in [9.17, 15) is 4.79 Å². The third-order valence-corrected chi connectivity index (χ3v) is 5.85. The molecule has 0 radical (unpaired) electrons. The van der Waals surface area contributed by atoms with Crippen LogP contribution in [0, 0.1) is 0 Å². The Balaban J connectivity index is 1.56. The summed E-state index contributed by atoms with van der Waals surface area (Å²) in [5.74, 6) is 2.38. The van der Waals surface area contributed by atoms with Crippen molar-refractivity contribution >= 4 is 39.7 Å². The highest BCUT2D eigenvalue weighted by atomic mass is 35.5. The highest BCUT2D eigenvalue weighted by molar-refractivity contribution is 6.33. The minimum Gasteiger partial charge on any atom is -0.496 e. The third kappa shape index (κ3) is 3.27. The molecule has 1 aliphatic rings. The molecular weight excluding hydrogens is 458 g/mol. The number of benzene rings is 3. The maximum Gasteiger partial charge on any atom is 0.282 e. The second-order valence-corrected chi connectivity index (χ2v) is 7.93. The number of aromatic nitrogens is 2. The van der Waals surface area contributed by atoms with E-state index < -0.39 is 0 Å². The third-order valence-electron chi connectivity index (χ3n) is 5.52. The maximum atomic E-state index is 13.4. The van der Waals surface area contributed by atoms with Crippen LogP contribution in [0.2, 0.25) is 5.02 Å². The van der Waals surface area contributed by atoms with Crippen molar-refractivity contribution in [3.05, 3.63) is 81.6 Å². The summed E-state index contributed by atoms with van der Waals surface area (Å²) in [6.45, 7) is 0.125. The fraction of sp³-hybridized carbons (Fsp3) is 0.0800. The normalized spacial score (nSPS) is 12.8. The summed E-state index contributed by atoms with van der Waals surface area (Å²) in [5, 5.41) is 6.04. The number of fused-ring (bicyclic) bond motifs is 3. The second-order valence-electron chi connectivity index (χ2n) is 7.52. The van der Waals surface area contributed by atoms with E-state index in [-0.39, 0.29) is 18.2 Å². The van der Waals surface area contributed by atoms with Gasteiger partial charge in [0.25, 0.3) is 5.56 Å². The first kappa shape index (κ1) is 20.3. The lowest BCUT2D eigenvalue weighted by atomic mass is 10.2. The number of halogens is 1. The molecule has 168 valence electrons. The average Bonchev–Trinajstić information content (AvgIpc) is 3.49. The van der Waals surface area contributed by atoms with Crippen LogP contribution in [0.15, 0.2) is 75.0 Å². The van der Waals surface area contributed by atoms with Crippen molar-refractivity contribution in [2.45, 2.75) is 0 Å². The number of ether oxygens (including phenoxy) is 3. The van der Waals surface area contributed by atoms with Crippen molar-refractivity contribution in [2.75, 3.05) is 13.9 Å². The molecule has 0 amide bonds. The second kappa shape index (κ2) is 7.93. The largest absolute Gasteiger partial charge is 0.496 e. The van der Waals surface area contributed by atoms with Gasteiger partial charge in [0.1, 0.15) is 11.3 Å². The van der Waals surface area contributed by atoms with Gasteiger partial charge < -0.3 is 18.6 Å². The van der Waals surface area contributed by atoms with Crippen LogP contribution >= 0.6 is 11.6 Å². The molecule has 0 saturated heterocycles. The topological polar surface area (TPSA) is 88.1 Å². The molecule has 0 aliphatic carbocycles. The minimum atomic E-state index is -0.346. The lowest BCUT2D eigenvalue weighted by Crippen LogP contribution is -2.20. The first-order valence-electron chi connectivity index (χ1n) is 10.3. The Morgan fingerprint density at radius 1 is 1.06 bits per heavy atom. The molecule has 0 fully saturated rings. The van der Waals surface area contributed by atoms with E-state index in [0.29, 0.717) is 50.1 Å². The van der Waals surface area contributed by atoms with Crippen LogP contribution in [0.4, 0.5) is 0 Å². The van der Waals surface area contributed by atoms with Crippen LogP contribution in [0.5, 0.6) is 17.2 Å². The molecule has 0 saturated carbocycles. The molecule has 1 aliphatic heterocycles. The Bertz CT molecular complexity index is 1670. The fourth-order valence-electron chi connectivity index (χ4n) is 3.86. The Labute approximate surface area is 197 Å². The molecule has 2 aromatic heterocycles. The van der Waals surface area contributed by atoms with Gasteiger partial charge in [-0.15, -0.1) is 0 Å². The molecule has 0 atom stereocenters. The molecule has 3 heterocycles. The van der Waals surface area contributed by atoms with E-state index in [2.05, 4.69) is 10.1 Å². The van der Waals surface area contributed by atoms with E-state index >= 15 is 0 Å². The van der Waals surface area contributed by atoms with Crippen LogP contribution in [0.1, 0.15) is 5.56 Å². The van der Waals surface area contributed by atoms with Gasteiger partial charge in [0.15, 0.2) is 17.3 Å². The van der Waals surface area contributed by atoms with Crippen LogP contribution < -0.4 is 19.8 Å². The number of hydrogen-bond acceptors (Lipinski definition) is 7. The van der Waals surface area contributed by atoms with Crippen molar-refractivity contribution in [3.8, 4) is 28.8 Å². The van der Waals surface area contributed by atoms with Crippen molar-refractivity contribution in [3.63, 3.8) is 0 Å². The van der Waals surface area contributed by atoms with Gasteiger partial charge in [-0.25, -0.2) is 4.98 Å². The Morgan fingerprint density at radius 2 is 1.88 bits per heavy atom. The van der Waals surface area contributed by atoms with Crippen LogP contribution in [-0.2, 0) is 0 Å². The van der Waals surface area contributed by atoms with Crippen LogP contribution in [0.3, 0.4) is 0 Å². The monoisotopic (exact) mass is 473 g/mol. The van der Waals surface area contributed by atoms with Crippen molar-refractivity contribution < 1.29 is 18.6 Å². The first-order chi connectivity index (χ1) is 16.6. The van der Waals surface area contributed by atoms with Gasteiger partial charge in [-0.3, -0.25) is 4.79 Å². The molecule has 0 spiro atoms. The van der Waals surface area contributed by atoms with E-state index in [1.807, 2.05) is 24.3 Å². The fourth-order valence-corrected chi connectivity index (χ4v) is 4.07. The van der Waals surface area contributed by atoms with Crippen LogP contribution in [-0.4, -0.2) is 29.8 Å². The van der Waals surface area contributed by atoms with Gasteiger partial charge in [0.2, 0.25) is 12.6 Å². The van der Waals surface area contributed by atoms with E-state index in [0.717, 1.165) is 5.39 Å². The molecule has 34 heavy (non-hydrogen) atoms.